The predicted octanol–water partition coefficient (Wildman–Crippen LogP) is 3.26. The molecule has 0 aliphatic heterocycles. The van der Waals surface area contributed by atoms with Gasteiger partial charge in [-0.05, 0) is 41.5 Å². The van der Waals surface area contributed by atoms with Gasteiger partial charge in [0.25, 0.3) is 11.6 Å². The van der Waals surface area contributed by atoms with Crippen molar-refractivity contribution < 1.29 is 9.72 Å². The molecule has 0 atom stereocenters. The van der Waals surface area contributed by atoms with Gasteiger partial charge in [-0.25, -0.2) is 0 Å². The van der Waals surface area contributed by atoms with Crippen LogP contribution in [0.5, 0.6) is 0 Å². The second-order valence-corrected chi connectivity index (χ2v) is 5.89. The number of hydrogen-bond acceptors (Lipinski definition) is 3. The standard InChI is InChI=1S/C13H15IN2O3/c14-12-7-6-10(16(18)19)8-11(12)13(17)15-9-4-2-1-3-5-9/h6-9H,1-5H2,(H,15,17). The number of nitro benzene ring substituents is 1. The Balaban J connectivity index is 2.13. The number of benzene rings is 1. The number of halogens is 1. The van der Waals surface area contributed by atoms with Gasteiger partial charge in [0.1, 0.15) is 0 Å². The molecular weight excluding hydrogens is 359 g/mol. The fourth-order valence-electron chi connectivity index (χ4n) is 2.31. The van der Waals surface area contributed by atoms with Crippen LogP contribution >= 0.6 is 22.6 Å². The quantitative estimate of drug-likeness (QED) is 0.502. The third-order valence-electron chi connectivity index (χ3n) is 3.35. The van der Waals surface area contributed by atoms with E-state index in [1.807, 2.05) is 22.6 Å². The maximum absolute atomic E-state index is 12.2. The van der Waals surface area contributed by atoms with Gasteiger partial charge in [0.05, 0.1) is 10.5 Å². The zero-order chi connectivity index (χ0) is 13.8. The van der Waals surface area contributed by atoms with E-state index in [1.54, 1.807) is 6.07 Å². The summed E-state index contributed by atoms with van der Waals surface area (Å²) in [6, 6.07) is 4.57. The van der Waals surface area contributed by atoms with E-state index in [-0.39, 0.29) is 17.6 Å². The number of carbonyl (C=O) groups excluding carboxylic acids is 1. The molecule has 1 fully saturated rings. The summed E-state index contributed by atoms with van der Waals surface area (Å²) >= 11 is 2.03. The van der Waals surface area contributed by atoms with Gasteiger partial charge in [0.2, 0.25) is 0 Å². The number of non-ortho nitro benzene ring substituents is 1. The first-order valence-electron chi connectivity index (χ1n) is 6.33. The highest BCUT2D eigenvalue weighted by atomic mass is 127. The molecule has 1 aromatic rings. The number of amides is 1. The molecule has 0 unspecified atom stereocenters. The number of carbonyl (C=O) groups is 1. The molecule has 1 N–H and O–H groups in total. The summed E-state index contributed by atoms with van der Waals surface area (Å²) < 4.78 is 0.733. The number of hydrogen-bond donors (Lipinski definition) is 1. The fourth-order valence-corrected chi connectivity index (χ4v) is 2.89. The predicted molar refractivity (Wildman–Crippen MR) is 80.2 cm³/mol. The molecular formula is C13H15IN2O3. The lowest BCUT2D eigenvalue weighted by Gasteiger charge is -2.22. The fraction of sp³-hybridized carbons (Fsp3) is 0.462. The second kappa shape index (κ2) is 6.31. The largest absolute Gasteiger partial charge is 0.349 e. The van der Waals surface area contributed by atoms with Crippen LogP contribution in [0, 0.1) is 13.7 Å². The van der Waals surface area contributed by atoms with Crippen molar-refractivity contribution in [3.05, 3.63) is 37.4 Å². The molecule has 0 saturated heterocycles. The van der Waals surface area contributed by atoms with E-state index in [0.29, 0.717) is 5.56 Å². The van der Waals surface area contributed by atoms with Crippen molar-refractivity contribution in [1.82, 2.24) is 5.32 Å². The monoisotopic (exact) mass is 374 g/mol. The van der Waals surface area contributed by atoms with Crippen LogP contribution in [-0.4, -0.2) is 16.9 Å². The Morgan fingerprint density at radius 3 is 2.63 bits per heavy atom. The highest BCUT2D eigenvalue weighted by molar-refractivity contribution is 14.1. The number of rotatable bonds is 3. The smallest absolute Gasteiger partial charge is 0.270 e. The highest BCUT2D eigenvalue weighted by Crippen LogP contribution is 2.21. The van der Waals surface area contributed by atoms with Crippen LogP contribution in [0.1, 0.15) is 42.5 Å². The summed E-state index contributed by atoms with van der Waals surface area (Å²) in [5.74, 6) is -0.208. The molecule has 2 rings (SSSR count). The van der Waals surface area contributed by atoms with Crippen LogP contribution in [-0.2, 0) is 0 Å². The molecule has 0 spiro atoms. The van der Waals surface area contributed by atoms with E-state index < -0.39 is 4.92 Å². The van der Waals surface area contributed by atoms with E-state index in [9.17, 15) is 14.9 Å². The Hall–Kier alpha value is -1.18. The average molecular weight is 374 g/mol. The average Bonchev–Trinajstić information content (AvgIpc) is 2.40. The van der Waals surface area contributed by atoms with Crippen LogP contribution in [0.15, 0.2) is 18.2 Å². The van der Waals surface area contributed by atoms with E-state index in [1.165, 1.54) is 18.6 Å². The van der Waals surface area contributed by atoms with Gasteiger partial charge in [-0.3, -0.25) is 14.9 Å². The SMILES string of the molecule is O=C(NC1CCCCC1)c1cc([N+](=O)[O-])ccc1I. The lowest BCUT2D eigenvalue weighted by atomic mass is 9.95. The van der Waals surface area contributed by atoms with Crippen molar-refractivity contribution in [3.63, 3.8) is 0 Å². The van der Waals surface area contributed by atoms with Gasteiger partial charge in [0.15, 0.2) is 0 Å². The van der Waals surface area contributed by atoms with Gasteiger partial charge >= 0.3 is 0 Å². The first kappa shape index (κ1) is 14.2. The van der Waals surface area contributed by atoms with E-state index in [2.05, 4.69) is 5.32 Å². The van der Waals surface area contributed by atoms with Crippen molar-refractivity contribution >= 4 is 34.2 Å². The Labute approximate surface area is 125 Å². The van der Waals surface area contributed by atoms with Crippen LogP contribution in [0.2, 0.25) is 0 Å². The lowest BCUT2D eigenvalue weighted by molar-refractivity contribution is -0.384. The van der Waals surface area contributed by atoms with Gasteiger partial charge < -0.3 is 5.32 Å². The summed E-state index contributed by atoms with van der Waals surface area (Å²) in [7, 11) is 0. The van der Waals surface area contributed by atoms with Crippen molar-refractivity contribution in [3.8, 4) is 0 Å². The third-order valence-corrected chi connectivity index (χ3v) is 4.29. The number of nitro groups is 1. The van der Waals surface area contributed by atoms with Crippen molar-refractivity contribution in [2.24, 2.45) is 0 Å². The first-order valence-corrected chi connectivity index (χ1v) is 7.40. The van der Waals surface area contributed by atoms with E-state index in [0.717, 1.165) is 29.3 Å². The summed E-state index contributed by atoms with van der Waals surface area (Å²) in [6.45, 7) is 0. The first-order chi connectivity index (χ1) is 9.08. The molecule has 0 bridgehead atoms. The molecule has 19 heavy (non-hydrogen) atoms. The van der Waals surface area contributed by atoms with Crippen LogP contribution in [0.3, 0.4) is 0 Å². The Kier molecular flexibility index (Phi) is 4.73. The molecule has 0 heterocycles. The Bertz CT molecular complexity index is 499. The normalized spacial score (nSPS) is 16.1. The molecule has 0 radical (unpaired) electrons. The van der Waals surface area contributed by atoms with E-state index in [4.69, 9.17) is 0 Å². The molecule has 0 aromatic heterocycles. The summed E-state index contributed by atoms with van der Waals surface area (Å²) in [5, 5.41) is 13.7. The highest BCUT2D eigenvalue weighted by Gasteiger charge is 2.20. The number of nitrogens with one attached hydrogen (secondary N) is 1. The lowest BCUT2D eigenvalue weighted by Crippen LogP contribution is -2.36. The van der Waals surface area contributed by atoms with Gasteiger partial charge in [-0.1, -0.05) is 19.3 Å². The zero-order valence-corrected chi connectivity index (χ0v) is 12.6. The molecule has 6 heteroatoms. The topological polar surface area (TPSA) is 72.2 Å². The molecule has 1 aliphatic rings. The minimum absolute atomic E-state index is 0.0470. The molecule has 102 valence electrons. The Morgan fingerprint density at radius 1 is 1.32 bits per heavy atom. The number of nitrogens with zero attached hydrogens (tertiary/aromatic N) is 1. The molecule has 1 amide bonds. The molecule has 5 nitrogen and oxygen atoms in total. The minimum Gasteiger partial charge on any atom is -0.349 e. The van der Waals surface area contributed by atoms with Crippen molar-refractivity contribution in [2.45, 2.75) is 38.1 Å². The van der Waals surface area contributed by atoms with Crippen LogP contribution in [0.25, 0.3) is 0 Å². The Morgan fingerprint density at radius 2 is 2.00 bits per heavy atom. The molecule has 1 aromatic carbocycles. The van der Waals surface area contributed by atoms with Crippen LogP contribution in [0.4, 0.5) is 5.69 Å². The summed E-state index contributed by atoms with van der Waals surface area (Å²) in [6.07, 6.45) is 5.49. The molecule has 1 aliphatic carbocycles. The molecule has 1 saturated carbocycles. The third kappa shape index (κ3) is 3.65. The van der Waals surface area contributed by atoms with Crippen LogP contribution < -0.4 is 5.32 Å². The van der Waals surface area contributed by atoms with Gasteiger partial charge in [-0.15, -0.1) is 0 Å². The second-order valence-electron chi connectivity index (χ2n) is 4.73. The van der Waals surface area contributed by atoms with Crippen molar-refractivity contribution in [1.29, 1.82) is 0 Å². The van der Waals surface area contributed by atoms with E-state index >= 15 is 0 Å². The summed E-state index contributed by atoms with van der Waals surface area (Å²) in [5.41, 5.74) is 0.342. The van der Waals surface area contributed by atoms with Gasteiger partial charge in [-0.2, -0.15) is 0 Å². The maximum atomic E-state index is 12.2. The van der Waals surface area contributed by atoms with Crippen molar-refractivity contribution in [2.75, 3.05) is 0 Å². The maximum Gasteiger partial charge on any atom is 0.270 e. The van der Waals surface area contributed by atoms with Gasteiger partial charge in [0, 0.05) is 21.7 Å². The summed E-state index contributed by atoms with van der Waals surface area (Å²) in [4.78, 5) is 22.4. The minimum atomic E-state index is -0.479. The zero-order valence-electron chi connectivity index (χ0n) is 10.4.